The number of hydrogen-bond donors (Lipinski definition) is 0. The van der Waals surface area contributed by atoms with E-state index in [9.17, 15) is 4.79 Å². The summed E-state index contributed by atoms with van der Waals surface area (Å²) in [6.07, 6.45) is 3.89. The van der Waals surface area contributed by atoms with Crippen LogP contribution in [0.25, 0.3) is 0 Å². The van der Waals surface area contributed by atoms with Crippen molar-refractivity contribution in [3.05, 3.63) is 30.3 Å². The van der Waals surface area contributed by atoms with Crippen molar-refractivity contribution >= 4 is 17.7 Å². The third kappa shape index (κ3) is 5.66. The van der Waals surface area contributed by atoms with E-state index in [1.54, 1.807) is 0 Å². The van der Waals surface area contributed by atoms with E-state index in [4.69, 9.17) is 4.74 Å². The van der Waals surface area contributed by atoms with Crippen LogP contribution in [0.4, 0.5) is 0 Å². The number of nitrogens with zero attached hydrogens (tertiary/aromatic N) is 1. The lowest BCUT2D eigenvalue weighted by atomic mass is 10.1. The predicted octanol–water partition coefficient (Wildman–Crippen LogP) is 2.81. The first-order chi connectivity index (χ1) is 9.34. The predicted molar refractivity (Wildman–Crippen MR) is 78.4 cm³/mol. The Morgan fingerprint density at radius 1 is 1.16 bits per heavy atom. The Morgan fingerprint density at radius 2 is 1.89 bits per heavy atom. The number of rotatable bonds is 6. The van der Waals surface area contributed by atoms with E-state index in [0.29, 0.717) is 12.4 Å². The second kappa shape index (κ2) is 8.23. The molecule has 1 aliphatic rings. The van der Waals surface area contributed by atoms with E-state index >= 15 is 0 Å². The van der Waals surface area contributed by atoms with Crippen molar-refractivity contribution in [2.45, 2.75) is 24.2 Å². The zero-order valence-corrected chi connectivity index (χ0v) is 12.0. The third-order valence-corrected chi connectivity index (χ3v) is 4.20. The lowest BCUT2D eigenvalue weighted by molar-refractivity contribution is -0.140. The number of carbonyl (C=O) groups excluding carboxylic acids is 1. The Bertz CT molecular complexity index is 377. The third-order valence-electron chi connectivity index (χ3n) is 3.22. The molecule has 1 aromatic carbocycles. The van der Waals surface area contributed by atoms with Crippen molar-refractivity contribution in [2.75, 3.05) is 32.0 Å². The number of benzene rings is 1. The highest BCUT2D eigenvalue weighted by atomic mass is 32.2. The number of carbonyl (C=O) groups is 1. The molecule has 1 fully saturated rings. The van der Waals surface area contributed by atoms with E-state index < -0.39 is 0 Å². The van der Waals surface area contributed by atoms with Crippen LogP contribution in [-0.4, -0.2) is 42.9 Å². The zero-order chi connectivity index (χ0) is 13.3. The van der Waals surface area contributed by atoms with Gasteiger partial charge in [-0.3, -0.25) is 9.69 Å². The lowest BCUT2D eigenvalue weighted by Crippen LogP contribution is -2.33. The van der Waals surface area contributed by atoms with E-state index in [0.717, 1.165) is 24.5 Å². The first-order valence-corrected chi connectivity index (χ1v) is 7.89. The largest absolute Gasteiger partial charge is 0.464 e. The van der Waals surface area contributed by atoms with Crippen LogP contribution in [0.15, 0.2) is 35.2 Å². The summed E-state index contributed by atoms with van der Waals surface area (Å²) >= 11 is 1.53. The minimum atomic E-state index is -0.120. The van der Waals surface area contributed by atoms with Crippen LogP contribution in [0.1, 0.15) is 19.3 Å². The van der Waals surface area contributed by atoms with Gasteiger partial charge in [0, 0.05) is 11.4 Å². The van der Waals surface area contributed by atoms with E-state index in [1.165, 1.54) is 31.0 Å². The summed E-state index contributed by atoms with van der Waals surface area (Å²) in [5, 5.41) is 0. The molecule has 19 heavy (non-hydrogen) atoms. The minimum absolute atomic E-state index is 0.120. The Morgan fingerprint density at radius 3 is 2.63 bits per heavy atom. The molecule has 0 bridgehead atoms. The quantitative estimate of drug-likeness (QED) is 0.591. The Hall–Kier alpha value is -1.00. The average molecular weight is 279 g/mol. The maximum atomic E-state index is 11.6. The summed E-state index contributed by atoms with van der Waals surface area (Å²) in [5.41, 5.74) is 0. The molecule has 0 aromatic heterocycles. The molecule has 4 heteroatoms. The number of hydrogen-bond acceptors (Lipinski definition) is 4. The van der Waals surface area contributed by atoms with Crippen molar-refractivity contribution in [3.63, 3.8) is 0 Å². The molecule has 0 radical (unpaired) electrons. The van der Waals surface area contributed by atoms with Crippen molar-refractivity contribution in [3.8, 4) is 0 Å². The van der Waals surface area contributed by atoms with Gasteiger partial charge in [0.25, 0.3) is 0 Å². The van der Waals surface area contributed by atoms with Gasteiger partial charge in [-0.1, -0.05) is 24.6 Å². The molecular formula is C15H21NO2S. The van der Waals surface area contributed by atoms with Crippen molar-refractivity contribution in [2.24, 2.45) is 0 Å². The SMILES string of the molecule is O=C(CSc1ccccc1)OCCN1CCCCC1. The smallest absolute Gasteiger partial charge is 0.316 e. The first-order valence-electron chi connectivity index (χ1n) is 6.90. The van der Waals surface area contributed by atoms with Crippen LogP contribution in [0.3, 0.4) is 0 Å². The van der Waals surface area contributed by atoms with Gasteiger partial charge >= 0.3 is 5.97 Å². The summed E-state index contributed by atoms with van der Waals surface area (Å²) in [6, 6.07) is 9.94. The highest BCUT2D eigenvalue weighted by Crippen LogP contribution is 2.16. The van der Waals surface area contributed by atoms with Crippen molar-refractivity contribution in [1.82, 2.24) is 4.90 Å². The van der Waals surface area contributed by atoms with Crippen molar-refractivity contribution in [1.29, 1.82) is 0 Å². The Labute approximate surface area is 119 Å². The molecule has 0 atom stereocenters. The van der Waals surface area contributed by atoms with Gasteiger partial charge in [-0.2, -0.15) is 0 Å². The lowest BCUT2D eigenvalue weighted by Gasteiger charge is -2.25. The van der Waals surface area contributed by atoms with Crippen LogP contribution >= 0.6 is 11.8 Å². The minimum Gasteiger partial charge on any atom is -0.464 e. The van der Waals surface area contributed by atoms with Gasteiger partial charge in [-0.25, -0.2) is 0 Å². The molecule has 0 aliphatic carbocycles. The monoisotopic (exact) mass is 279 g/mol. The van der Waals surface area contributed by atoms with Gasteiger partial charge in [-0.05, 0) is 38.1 Å². The zero-order valence-electron chi connectivity index (χ0n) is 11.2. The first kappa shape index (κ1) is 14.4. The van der Waals surface area contributed by atoms with Crippen molar-refractivity contribution < 1.29 is 9.53 Å². The Balaban J connectivity index is 1.57. The molecule has 0 amide bonds. The highest BCUT2D eigenvalue weighted by Gasteiger charge is 2.10. The van der Waals surface area contributed by atoms with Crippen LogP contribution in [-0.2, 0) is 9.53 Å². The molecule has 1 aromatic rings. The second-order valence-corrected chi connectivity index (χ2v) is 5.77. The van der Waals surface area contributed by atoms with Gasteiger partial charge in [0.2, 0.25) is 0 Å². The summed E-state index contributed by atoms with van der Waals surface area (Å²) in [6.45, 7) is 3.70. The number of piperidine rings is 1. The Kier molecular flexibility index (Phi) is 6.24. The standard InChI is InChI=1S/C15H21NO2S/c17-15(13-19-14-7-3-1-4-8-14)18-12-11-16-9-5-2-6-10-16/h1,3-4,7-8H,2,5-6,9-13H2. The molecule has 0 saturated carbocycles. The summed E-state index contributed by atoms with van der Waals surface area (Å²) in [4.78, 5) is 15.1. The van der Waals surface area contributed by atoms with Gasteiger partial charge in [0.15, 0.2) is 0 Å². The van der Waals surface area contributed by atoms with Crippen LogP contribution < -0.4 is 0 Å². The fourth-order valence-corrected chi connectivity index (χ4v) is 2.89. The molecule has 0 spiro atoms. The van der Waals surface area contributed by atoms with Gasteiger partial charge in [-0.15, -0.1) is 11.8 Å². The molecule has 104 valence electrons. The van der Waals surface area contributed by atoms with Gasteiger partial charge < -0.3 is 4.74 Å². The molecule has 3 nitrogen and oxygen atoms in total. The normalized spacial score (nSPS) is 16.2. The maximum absolute atomic E-state index is 11.6. The molecule has 0 N–H and O–H groups in total. The molecule has 2 rings (SSSR count). The molecule has 1 heterocycles. The van der Waals surface area contributed by atoms with Gasteiger partial charge in [0.1, 0.15) is 6.61 Å². The highest BCUT2D eigenvalue weighted by molar-refractivity contribution is 8.00. The van der Waals surface area contributed by atoms with Crippen LogP contribution in [0, 0.1) is 0 Å². The number of esters is 1. The number of thioether (sulfide) groups is 1. The summed E-state index contributed by atoms with van der Waals surface area (Å²) in [5.74, 6) is 0.273. The molecule has 1 aliphatic heterocycles. The number of likely N-dealkylation sites (tertiary alicyclic amines) is 1. The maximum Gasteiger partial charge on any atom is 0.316 e. The molecular weight excluding hydrogens is 258 g/mol. The van der Waals surface area contributed by atoms with E-state index in [-0.39, 0.29) is 5.97 Å². The molecule has 0 unspecified atom stereocenters. The van der Waals surface area contributed by atoms with Crippen LogP contribution in [0.2, 0.25) is 0 Å². The topological polar surface area (TPSA) is 29.5 Å². The van der Waals surface area contributed by atoms with Crippen LogP contribution in [0.5, 0.6) is 0 Å². The summed E-state index contributed by atoms with van der Waals surface area (Å²) in [7, 11) is 0. The molecule has 1 saturated heterocycles. The van der Waals surface area contributed by atoms with Gasteiger partial charge in [0.05, 0.1) is 5.75 Å². The van der Waals surface area contributed by atoms with E-state index in [2.05, 4.69) is 4.90 Å². The average Bonchev–Trinajstić information content (AvgIpc) is 2.47. The fraction of sp³-hybridized carbons (Fsp3) is 0.533. The number of ether oxygens (including phenoxy) is 1. The van der Waals surface area contributed by atoms with E-state index in [1.807, 2.05) is 30.3 Å². The summed E-state index contributed by atoms with van der Waals surface area (Å²) < 4.78 is 5.27. The fourth-order valence-electron chi connectivity index (χ4n) is 2.17. The second-order valence-electron chi connectivity index (χ2n) is 4.72.